The zero-order valence-corrected chi connectivity index (χ0v) is 7.65. The van der Waals surface area contributed by atoms with Crippen LogP contribution in [0.2, 0.25) is 0 Å². The van der Waals surface area contributed by atoms with Gasteiger partial charge in [0.25, 0.3) is 0 Å². The van der Waals surface area contributed by atoms with Crippen LogP contribution in [0.1, 0.15) is 40.5 Å². The molecule has 0 amide bonds. The SMILES string of the molecule is CC[C@](C)(CO)CC(C)C. The Morgan fingerprint density at radius 3 is 2.00 bits per heavy atom. The third kappa shape index (κ3) is 3.21. The fourth-order valence-electron chi connectivity index (χ4n) is 1.31. The van der Waals surface area contributed by atoms with Gasteiger partial charge in [-0.1, -0.05) is 27.7 Å². The highest BCUT2D eigenvalue weighted by molar-refractivity contribution is 4.72. The van der Waals surface area contributed by atoms with Crippen molar-refractivity contribution < 1.29 is 5.11 Å². The Morgan fingerprint density at radius 1 is 1.40 bits per heavy atom. The Morgan fingerprint density at radius 2 is 1.90 bits per heavy atom. The maximum Gasteiger partial charge on any atom is 0.0484 e. The van der Waals surface area contributed by atoms with Crippen molar-refractivity contribution in [2.24, 2.45) is 11.3 Å². The van der Waals surface area contributed by atoms with Crippen molar-refractivity contribution in [3.8, 4) is 0 Å². The van der Waals surface area contributed by atoms with Gasteiger partial charge in [0.1, 0.15) is 0 Å². The van der Waals surface area contributed by atoms with Gasteiger partial charge in [0.2, 0.25) is 0 Å². The normalized spacial score (nSPS) is 17.4. The van der Waals surface area contributed by atoms with E-state index >= 15 is 0 Å². The second-order valence-corrected chi connectivity index (χ2v) is 3.92. The van der Waals surface area contributed by atoms with Gasteiger partial charge in [-0.2, -0.15) is 0 Å². The summed E-state index contributed by atoms with van der Waals surface area (Å²) in [5, 5.41) is 9.03. The Bertz CT molecular complexity index is 82.7. The van der Waals surface area contributed by atoms with Crippen LogP contribution in [-0.2, 0) is 0 Å². The minimum atomic E-state index is 0.161. The maximum absolute atomic E-state index is 9.03. The Labute approximate surface area is 64.5 Å². The van der Waals surface area contributed by atoms with Crippen LogP contribution in [0.25, 0.3) is 0 Å². The molecule has 0 aliphatic carbocycles. The molecule has 0 aromatic rings. The zero-order valence-electron chi connectivity index (χ0n) is 7.65. The van der Waals surface area contributed by atoms with Crippen LogP contribution in [0.5, 0.6) is 0 Å². The van der Waals surface area contributed by atoms with Gasteiger partial charge < -0.3 is 5.11 Å². The molecular weight excluding hydrogens is 124 g/mol. The van der Waals surface area contributed by atoms with Crippen molar-refractivity contribution in [3.05, 3.63) is 0 Å². The van der Waals surface area contributed by atoms with E-state index < -0.39 is 0 Å². The molecular formula is C9H20O. The summed E-state index contributed by atoms with van der Waals surface area (Å²) in [6, 6.07) is 0. The molecule has 0 aliphatic rings. The van der Waals surface area contributed by atoms with Crippen molar-refractivity contribution in [1.29, 1.82) is 0 Å². The van der Waals surface area contributed by atoms with E-state index in [9.17, 15) is 0 Å². The van der Waals surface area contributed by atoms with Crippen molar-refractivity contribution >= 4 is 0 Å². The van der Waals surface area contributed by atoms with Crippen LogP contribution in [0, 0.1) is 11.3 Å². The van der Waals surface area contributed by atoms with Gasteiger partial charge >= 0.3 is 0 Å². The first-order chi connectivity index (χ1) is 4.54. The van der Waals surface area contributed by atoms with E-state index in [2.05, 4.69) is 27.7 Å². The predicted octanol–water partition coefficient (Wildman–Crippen LogP) is 2.44. The number of rotatable bonds is 4. The van der Waals surface area contributed by atoms with Gasteiger partial charge in [-0.05, 0) is 24.2 Å². The Hall–Kier alpha value is -0.0400. The lowest BCUT2D eigenvalue weighted by molar-refractivity contribution is 0.114. The van der Waals surface area contributed by atoms with Crippen LogP contribution in [0.3, 0.4) is 0 Å². The fourth-order valence-corrected chi connectivity index (χ4v) is 1.31. The summed E-state index contributed by atoms with van der Waals surface area (Å²) in [5.41, 5.74) is 0.161. The van der Waals surface area contributed by atoms with Crippen LogP contribution in [0.15, 0.2) is 0 Å². The van der Waals surface area contributed by atoms with Crippen molar-refractivity contribution in [1.82, 2.24) is 0 Å². The van der Waals surface area contributed by atoms with Gasteiger partial charge in [0.05, 0.1) is 0 Å². The molecule has 62 valence electrons. The highest BCUT2D eigenvalue weighted by Gasteiger charge is 2.21. The highest BCUT2D eigenvalue weighted by atomic mass is 16.3. The zero-order chi connectivity index (χ0) is 8.20. The first-order valence-corrected chi connectivity index (χ1v) is 4.15. The molecule has 0 fully saturated rings. The van der Waals surface area contributed by atoms with E-state index in [4.69, 9.17) is 5.11 Å². The van der Waals surface area contributed by atoms with Crippen LogP contribution >= 0.6 is 0 Å². The lowest BCUT2D eigenvalue weighted by atomic mass is 9.81. The summed E-state index contributed by atoms with van der Waals surface area (Å²) >= 11 is 0. The standard InChI is InChI=1S/C9H20O/c1-5-9(4,7-10)6-8(2)3/h8,10H,5-7H2,1-4H3/t9-/m0/s1. The van der Waals surface area contributed by atoms with Crippen molar-refractivity contribution in [2.75, 3.05) is 6.61 Å². The molecule has 0 radical (unpaired) electrons. The number of aliphatic hydroxyl groups is 1. The lowest BCUT2D eigenvalue weighted by Gasteiger charge is -2.27. The summed E-state index contributed by atoms with van der Waals surface area (Å²) in [7, 11) is 0. The number of hydrogen-bond donors (Lipinski definition) is 1. The minimum absolute atomic E-state index is 0.161. The molecule has 0 spiro atoms. The monoisotopic (exact) mass is 144 g/mol. The summed E-state index contributed by atoms with van der Waals surface area (Å²) in [6.45, 7) is 9.00. The minimum Gasteiger partial charge on any atom is -0.396 e. The average Bonchev–Trinajstić information content (AvgIpc) is 1.87. The van der Waals surface area contributed by atoms with Gasteiger partial charge in [0.15, 0.2) is 0 Å². The molecule has 1 atom stereocenters. The van der Waals surface area contributed by atoms with Crippen LogP contribution in [0.4, 0.5) is 0 Å². The van der Waals surface area contributed by atoms with Gasteiger partial charge in [-0.3, -0.25) is 0 Å². The Balaban J connectivity index is 3.80. The molecule has 1 heteroatoms. The molecule has 0 rings (SSSR count). The molecule has 0 unspecified atom stereocenters. The third-order valence-corrected chi connectivity index (χ3v) is 2.14. The third-order valence-electron chi connectivity index (χ3n) is 2.14. The first kappa shape index (κ1) is 9.96. The second kappa shape index (κ2) is 3.97. The topological polar surface area (TPSA) is 20.2 Å². The molecule has 0 saturated carbocycles. The smallest absolute Gasteiger partial charge is 0.0484 e. The number of aliphatic hydroxyl groups excluding tert-OH is 1. The maximum atomic E-state index is 9.03. The predicted molar refractivity (Wildman–Crippen MR) is 44.9 cm³/mol. The van der Waals surface area contributed by atoms with E-state index in [-0.39, 0.29) is 5.41 Å². The summed E-state index contributed by atoms with van der Waals surface area (Å²) < 4.78 is 0. The molecule has 0 aromatic carbocycles. The average molecular weight is 144 g/mol. The first-order valence-electron chi connectivity index (χ1n) is 4.15. The van der Waals surface area contributed by atoms with Crippen LogP contribution < -0.4 is 0 Å². The van der Waals surface area contributed by atoms with E-state index in [1.54, 1.807) is 0 Å². The highest BCUT2D eigenvalue weighted by Crippen LogP contribution is 2.28. The van der Waals surface area contributed by atoms with Crippen molar-refractivity contribution in [2.45, 2.75) is 40.5 Å². The quantitative estimate of drug-likeness (QED) is 0.642. The van der Waals surface area contributed by atoms with Gasteiger partial charge in [0, 0.05) is 6.61 Å². The molecule has 1 nitrogen and oxygen atoms in total. The van der Waals surface area contributed by atoms with Crippen LogP contribution in [-0.4, -0.2) is 11.7 Å². The van der Waals surface area contributed by atoms with E-state index in [0.717, 1.165) is 12.8 Å². The number of hydrogen-bond acceptors (Lipinski definition) is 1. The van der Waals surface area contributed by atoms with E-state index in [1.165, 1.54) is 0 Å². The largest absolute Gasteiger partial charge is 0.396 e. The lowest BCUT2D eigenvalue weighted by Crippen LogP contribution is -2.22. The molecule has 0 aliphatic heterocycles. The second-order valence-electron chi connectivity index (χ2n) is 3.92. The van der Waals surface area contributed by atoms with E-state index in [1.807, 2.05) is 0 Å². The summed E-state index contributed by atoms with van der Waals surface area (Å²) in [6.07, 6.45) is 2.20. The molecule has 0 aromatic heterocycles. The van der Waals surface area contributed by atoms with E-state index in [0.29, 0.717) is 12.5 Å². The molecule has 10 heavy (non-hydrogen) atoms. The summed E-state index contributed by atoms with van der Waals surface area (Å²) in [5.74, 6) is 0.692. The fraction of sp³-hybridized carbons (Fsp3) is 1.00. The molecule has 0 saturated heterocycles. The van der Waals surface area contributed by atoms with Gasteiger partial charge in [-0.15, -0.1) is 0 Å². The van der Waals surface area contributed by atoms with Crippen molar-refractivity contribution in [3.63, 3.8) is 0 Å². The van der Waals surface area contributed by atoms with Gasteiger partial charge in [-0.25, -0.2) is 0 Å². The molecule has 1 N–H and O–H groups in total. The molecule has 0 bridgehead atoms. The molecule has 0 heterocycles. The summed E-state index contributed by atoms with van der Waals surface area (Å²) in [4.78, 5) is 0. The Kier molecular flexibility index (Phi) is 3.95.